The van der Waals surface area contributed by atoms with Crippen molar-refractivity contribution in [1.29, 1.82) is 0 Å². The van der Waals surface area contributed by atoms with Crippen molar-refractivity contribution in [3.63, 3.8) is 0 Å². The van der Waals surface area contributed by atoms with Crippen LogP contribution in [0.25, 0.3) is 10.9 Å². The second kappa shape index (κ2) is 8.43. The van der Waals surface area contributed by atoms with Gasteiger partial charge < -0.3 is 9.72 Å². The Bertz CT molecular complexity index is 569. The van der Waals surface area contributed by atoms with E-state index in [1.807, 2.05) is 66.9 Å². The molecule has 3 rings (SSSR count). The van der Waals surface area contributed by atoms with Gasteiger partial charge in [0.2, 0.25) is 0 Å². The van der Waals surface area contributed by atoms with Crippen molar-refractivity contribution < 1.29 is 4.74 Å². The monoisotopic (exact) mass is 251 g/mol. The van der Waals surface area contributed by atoms with Gasteiger partial charge in [-0.2, -0.15) is 0 Å². The van der Waals surface area contributed by atoms with Gasteiger partial charge in [0, 0.05) is 17.1 Å². The van der Waals surface area contributed by atoms with Gasteiger partial charge >= 0.3 is 0 Å². The molecule has 2 nitrogen and oxygen atoms in total. The Kier molecular flexibility index (Phi) is 6.39. The van der Waals surface area contributed by atoms with E-state index in [1.54, 1.807) is 7.11 Å². The van der Waals surface area contributed by atoms with Gasteiger partial charge in [-0.3, -0.25) is 0 Å². The van der Waals surface area contributed by atoms with E-state index in [-0.39, 0.29) is 0 Å². The minimum atomic E-state index is 0.900. The molecule has 0 atom stereocenters. The highest BCUT2D eigenvalue weighted by molar-refractivity contribution is 5.80. The highest BCUT2D eigenvalue weighted by atomic mass is 16.5. The molecule has 3 aromatic rings. The molecule has 0 saturated carbocycles. The third-order valence-corrected chi connectivity index (χ3v) is 2.43. The highest BCUT2D eigenvalue weighted by Crippen LogP contribution is 2.18. The first-order valence-electron chi connectivity index (χ1n) is 5.84. The molecule has 0 aliphatic rings. The van der Waals surface area contributed by atoms with Gasteiger partial charge in [-0.25, -0.2) is 0 Å². The lowest BCUT2D eigenvalue weighted by Crippen LogP contribution is -1.80. The van der Waals surface area contributed by atoms with Gasteiger partial charge in [0.15, 0.2) is 0 Å². The molecule has 0 aliphatic heterocycles. The highest BCUT2D eigenvalue weighted by Gasteiger charge is 1.94. The number of rotatable bonds is 1. The van der Waals surface area contributed by atoms with Crippen molar-refractivity contribution in [1.82, 2.24) is 4.98 Å². The Morgan fingerprint density at radius 1 is 0.895 bits per heavy atom. The summed E-state index contributed by atoms with van der Waals surface area (Å²) in [5, 5.41) is 1.18. The second-order valence-electron chi connectivity index (χ2n) is 3.59. The maximum absolute atomic E-state index is 5.08. The molecule has 0 bridgehead atoms. The van der Waals surface area contributed by atoms with E-state index in [4.69, 9.17) is 4.74 Å². The number of hydrogen-bond donors (Lipinski definition) is 1. The lowest BCUT2D eigenvalue weighted by molar-refractivity contribution is 0.415. The normalized spacial score (nSPS) is 8.58. The molecule has 1 N–H and O–H groups in total. The van der Waals surface area contributed by atoms with E-state index >= 15 is 0 Å². The predicted octanol–water partition coefficient (Wildman–Crippen LogP) is 4.11. The summed E-state index contributed by atoms with van der Waals surface area (Å²) in [4.78, 5) is 3.12. The van der Waals surface area contributed by atoms with Gasteiger partial charge in [-0.05, 0) is 24.3 Å². The van der Waals surface area contributed by atoms with Crippen molar-refractivity contribution in [2.75, 3.05) is 7.11 Å². The number of H-pyrrole nitrogens is 1. The topological polar surface area (TPSA) is 25.0 Å². The summed E-state index contributed by atoms with van der Waals surface area (Å²) in [6.07, 6.45) is 9.92. The molecule has 96 valence electrons. The van der Waals surface area contributed by atoms with Crippen molar-refractivity contribution in [2.45, 2.75) is 0 Å². The van der Waals surface area contributed by atoms with Crippen LogP contribution in [-0.4, -0.2) is 12.1 Å². The van der Waals surface area contributed by atoms with Gasteiger partial charge in [0.05, 0.1) is 7.11 Å². The summed E-state index contributed by atoms with van der Waals surface area (Å²) in [5.41, 5.74) is 1.14. The van der Waals surface area contributed by atoms with Crippen LogP contribution in [0.3, 0.4) is 0 Å². The SMILES string of the molecule is C#C.COc1ccc2[nH]ccc2c1.c1ccccc1. The third-order valence-electron chi connectivity index (χ3n) is 2.43. The first-order valence-corrected chi connectivity index (χ1v) is 5.84. The number of fused-ring (bicyclic) bond motifs is 1. The van der Waals surface area contributed by atoms with E-state index in [2.05, 4.69) is 17.8 Å². The Morgan fingerprint density at radius 3 is 2.00 bits per heavy atom. The van der Waals surface area contributed by atoms with Crippen LogP contribution in [-0.2, 0) is 0 Å². The van der Waals surface area contributed by atoms with Crippen molar-refractivity contribution >= 4 is 10.9 Å². The first kappa shape index (κ1) is 14.4. The van der Waals surface area contributed by atoms with E-state index in [0.717, 1.165) is 11.3 Å². The van der Waals surface area contributed by atoms with Crippen LogP contribution >= 0.6 is 0 Å². The van der Waals surface area contributed by atoms with E-state index in [0.29, 0.717) is 0 Å². The Hall–Kier alpha value is -2.66. The molecule has 2 aromatic carbocycles. The summed E-state index contributed by atoms with van der Waals surface area (Å²) in [6.45, 7) is 0. The number of aromatic amines is 1. The summed E-state index contributed by atoms with van der Waals surface area (Å²) in [5.74, 6) is 0.900. The molecule has 0 aliphatic carbocycles. The number of terminal acetylenes is 1. The fraction of sp³-hybridized carbons (Fsp3) is 0.0588. The molecule has 1 heterocycles. The standard InChI is InChI=1S/C9H9NO.C6H6.C2H2/c1-11-8-2-3-9-7(6-8)4-5-10-9;1-2-4-6-5-3-1;1-2/h2-6,10H,1H3;1-6H;1-2H. The zero-order valence-electron chi connectivity index (χ0n) is 10.9. The molecule has 0 radical (unpaired) electrons. The van der Waals surface area contributed by atoms with Crippen molar-refractivity contribution in [2.24, 2.45) is 0 Å². The Balaban J connectivity index is 0.000000192. The zero-order chi connectivity index (χ0) is 13.9. The minimum absolute atomic E-state index is 0.900. The number of ether oxygens (including phenoxy) is 1. The largest absolute Gasteiger partial charge is 0.497 e. The molecule has 1 aromatic heterocycles. The molecule has 19 heavy (non-hydrogen) atoms. The molecule has 0 unspecified atom stereocenters. The smallest absolute Gasteiger partial charge is 0.119 e. The molecular weight excluding hydrogens is 234 g/mol. The minimum Gasteiger partial charge on any atom is -0.497 e. The molecule has 0 saturated heterocycles. The maximum Gasteiger partial charge on any atom is 0.119 e. The van der Waals surface area contributed by atoms with Gasteiger partial charge in [0.25, 0.3) is 0 Å². The summed E-state index contributed by atoms with van der Waals surface area (Å²) in [7, 11) is 1.67. The lowest BCUT2D eigenvalue weighted by Gasteiger charge is -1.97. The van der Waals surface area contributed by atoms with Crippen molar-refractivity contribution in [3.05, 3.63) is 66.9 Å². The van der Waals surface area contributed by atoms with Gasteiger partial charge in [-0.1, -0.05) is 36.4 Å². The fourth-order valence-corrected chi connectivity index (χ4v) is 1.54. The summed E-state index contributed by atoms with van der Waals surface area (Å²) >= 11 is 0. The number of methoxy groups -OCH3 is 1. The average molecular weight is 251 g/mol. The quantitative estimate of drug-likeness (QED) is 0.647. The van der Waals surface area contributed by atoms with Crippen LogP contribution in [0.2, 0.25) is 0 Å². The summed E-state index contributed by atoms with van der Waals surface area (Å²) in [6, 6.07) is 20.0. The predicted molar refractivity (Wildman–Crippen MR) is 81.2 cm³/mol. The fourth-order valence-electron chi connectivity index (χ4n) is 1.54. The van der Waals surface area contributed by atoms with Crippen LogP contribution in [0.4, 0.5) is 0 Å². The molecule has 0 amide bonds. The van der Waals surface area contributed by atoms with E-state index < -0.39 is 0 Å². The second-order valence-corrected chi connectivity index (χ2v) is 3.59. The number of hydrogen-bond acceptors (Lipinski definition) is 1. The third kappa shape index (κ3) is 4.61. The van der Waals surface area contributed by atoms with Crippen LogP contribution < -0.4 is 4.74 Å². The van der Waals surface area contributed by atoms with Crippen LogP contribution in [0.1, 0.15) is 0 Å². The molecule has 0 spiro atoms. The molecular formula is C17H17NO. The number of benzene rings is 2. The first-order chi connectivity index (χ1) is 9.40. The number of nitrogens with one attached hydrogen (secondary N) is 1. The van der Waals surface area contributed by atoms with Crippen molar-refractivity contribution in [3.8, 4) is 18.6 Å². The maximum atomic E-state index is 5.08. The lowest BCUT2D eigenvalue weighted by atomic mass is 10.2. The van der Waals surface area contributed by atoms with E-state index in [1.165, 1.54) is 5.39 Å². The average Bonchev–Trinajstić information content (AvgIpc) is 2.99. The van der Waals surface area contributed by atoms with Crippen LogP contribution in [0, 0.1) is 12.8 Å². The molecule has 2 heteroatoms. The van der Waals surface area contributed by atoms with Crippen LogP contribution in [0.15, 0.2) is 66.9 Å². The molecule has 0 fully saturated rings. The summed E-state index contributed by atoms with van der Waals surface area (Å²) < 4.78 is 5.08. The van der Waals surface area contributed by atoms with Gasteiger partial charge in [-0.15, -0.1) is 12.8 Å². The Morgan fingerprint density at radius 2 is 1.47 bits per heavy atom. The van der Waals surface area contributed by atoms with Gasteiger partial charge in [0.1, 0.15) is 5.75 Å². The van der Waals surface area contributed by atoms with Crippen LogP contribution in [0.5, 0.6) is 5.75 Å². The zero-order valence-corrected chi connectivity index (χ0v) is 10.9. The number of aromatic nitrogens is 1. The Labute approximate surface area is 114 Å². The van der Waals surface area contributed by atoms with E-state index in [9.17, 15) is 0 Å².